The van der Waals surface area contributed by atoms with Gasteiger partial charge in [0.05, 0.1) is 21.3 Å². The third kappa shape index (κ3) is 3.16. The summed E-state index contributed by atoms with van der Waals surface area (Å²) < 4.78 is 0. The van der Waals surface area contributed by atoms with Crippen LogP contribution >= 0.6 is 23.2 Å². The molecular weight excluding hydrogens is 303 g/mol. The van der Waals surface area contributed by atoms with E-state index in [4.69, 9.17) is 28.3 Å². The molecule has 2 N–H and O–H groups in total. The number of nitrogens with zero attached hydrogens (tertiary/aromatic N) is 1. The lowest BCUT2D eigenvalue weighted by Crippen LogP contribution is -2.33. The molecule has 5 nitrogen and oxygen atoms in total. The number of amides is 2. The molecule has 7 heteroatoms. The number of halogens is 2. The summed E-state index contributed by atoms with van der Waals surface area (Å²) in [5.74, 6) is -0.652. The lowest BCUT2D eigenvalue weighted by Gasteiger charge is -2.18. The number of carbonyl (C=O) groups is 2. The van der Waals surface area contributed by atoms with Crippen LogP contribution < -0.4 is 5.32 Å². The van der Waals surface area contributed by atoms with E-state index < -0.39 is 5.97 Å². The molecule has 1 aliphatic rings. The van der Waals surface area contributed by atoms with E-state index in [2.05, 4.69) is 12.2 Å². The summed E-state index contributed by atoms with van der Waals surface area (Å²) in [5.41, 5.74) is 0.218. The largest absolute Gasteiger partial charge is 0.478 e. The van der Waals surface area contributed by atoms with Crippen LogP contribution in [0.1, 0.15) is 23.7 Å². The van der Waals surface area contributed by atoms with Crippen LogP contribution in [0.3, 0.4) is 0 Å². The van der Waals surface area contributed by atoms with Gasteiger partial charge in [0.25, 0.3) is 0 Å². The van der Waals surface area contributed by atoms with Gasteiger partial charge in [-0.2, -0.15) is 0 Å². The van der Waals surface area contributed by atoms with Gasteiger partial charge in [-0.05, 0) is 24.5 Å². The Morgan fingerprint density at radius 2 is 1.95 bits per heavy atom. The second kappa shape index (κ2) is 5.89. The molecule has 1 aromatic rings. The van der Waals surface area contributed by atoms with E-state index in [0.29, 0.717) is 19.0 Å². The number of likely N-dealkylation sites (tertiary alicyclic amines) is 1. The van der Waals surface area contributed by atoms with Gasteiger partial charge in [0, 0.05) is 13.1 Å². The van der Waals surface area contributed by atoms with Crippen molar-refractivity contribution in [3.05, 3.63) is 27.7 Å². The Labute approximate surface area is 126 Å². The molecule has 0 bridgehead atoms. The van der Waals surface area contributed by atoms with Crippen molar-refractivity contribution in [2.45, 2.75) is 13.3 Å². The standard InChI is InChI=1S/C13H14Cl2N2O3/c1-7-2-3-17(6-7)13(20)16-11-9(14)4-8(12(18)19)5-10(11)15/h4-5,7H,2-3,6H2,1H3,(H,16,20)(H,18,19). The van der Waals surface area contributed by atoms with Crippen LogP contribution in [0.4, 0.5) is 10.5 Å². The highest BCUT2D eigenvalue weighted by molar-refractivity contribution is 6.40. The van der Waals surface area contributed by atoms with E-state index in [0.717, 1.165) is 6.42 Å². The highest BCUT2D eigenvalue weighted by atomic mass is 35.5. The van der Waals surface area contributed by atoms with Crippen molar-refractivity contribution in [1.29, 1.82) is 0 Å². The van der Waals surface area contributed by atoms with Crippen molar-refractivity contribution in [1.82, 2.24) is 4.90 Å². The SMILES string of the molecule is CC1CCN(C(=O)Nc2c(Cl)cc(C(=O)O)cc2Cl)C1. The first-order valence-electron chi connectivity index (χ1n) is 6.16. The van der Waals surface area contributed by atoms with E-state index in [1.165, 1.54) is 12.1 Å². The predicted molar refractivity (Wildman–Crippen MR) is 77.8 cm³/mol. The zero-order valence-corrected chi connectivity index (χ0v) is 12.3. The first-order valence-corrected chi connectivity index (χ1v) is 6.92. The minimum atomic E-state index is -1.12. The Hall–Kier alpha value is -1.46. The molecule has 0 aliphatic carbocycles. The molecule has 2 rings (SSSR count). The average molecular weight is 317 g/mol. The number of hydrogen-bond donors (Lipinski definition) is 2. The van der Waals surface area contributed by atoms with Gasteiger partial charge in [-0.25, -0.2) is 9.59 Å². The summed E-state index contributed by atoms with van der Waals surface area (Å²) in [6, 6.07) is 2.25. The molecule has 1 aromatic carbocycles. The Bertz CT molecular complexity index is 540. The van der Waals surface area contributed by atoms with Crippen molar-refractivity contribution in [3.63, 3.8) is 0 Å². The number of rotatable bonds is 2. The van der Waals surface area contributed by atoms with E-state index in [1.54, 1.807) is 4.90 Å². The molecule has 20 heavy (non-hydrogen) atoms. The first kappa shape index (κ1) is 14.9. The average Bonchev–Trinajstić information content (AvgIpc) is 2.80. The van der Waals surface area contributed by atoms with Gasteiger partial charge in [-0.15, -0.1) is 0 Å². The highest BCUT2D eigenvalue weighted by Crippen LogP contribution is 2.32. The summed E-state index contributed by atoms with van der Waals surface area (Å²) >= 11 is 12.0. The van der Waals surface area contributed by atoms with Crippen LogP contribution in [0.25, 0.3) is 0 Å². The fourth-order valence-corrected chi connectivity index (χ4v) is 2.70. The molecule has 1 unspecified atom stereocenters. The highest BCUT2D eigenvalue weighted by Gasteiger charge is 2.24. The van der Waals surface area contributed by atoms with Gasteiger partial charge >= 0.3 is 12.0 Å². The van der Waals surface area contributed by atoms with E-state index in [1.807, 2.05) is 0 Å². The molecule has 0 saturated carbocycles. The van der Waals surface area contributed by atoms with Crippen LogP contribution in [0.2, 0.25) is 10.0 Å². The fourth-order valence-electron chi connectivity index (χ4n) is 2.12. The zero-order valence-electron chi connectivity index (χ0n) is 10.8. The van der Waals surface area contributed by atoms with Crippen molar-refractivity contribution in [2.75, 3.05) is 18.4 Å². The molecule has 0 aromatic heterocycles. The summed E-state index contributed by atoms with van der Waals surface area (Å²) in [7, 11) is 0. The summed E-state index contributed by atoms with van der Waals surface area (Å²) in [4.78, 5) is 24.6. The van der Waals surface area contributed by atoms with Crippen LogP contribution in [0.5, 0.6) is 0 Å². The van der Waals surface area contributed by atoms with Crippen molar-refractivity contribution in [3.8, 4) is 0 Å². The zero-order chi connectivity index (χ0) is 14.9. The number of urea groups is 1. The van der Waals surface area contributed by atoms with E-state index in [-0.39, 0.29) is 27.3 Å². The second-order valence-electron chi connectivity index (χ2n) is 4.89. The maximum Gasteiger partial charge on any atom is 0.335 e. The number of anilines is 1. The molecule has 1 atom stereocenters. The van der Waals surface area contributed by atoms with Gasteiger partial charge in [0.1, 0.15) is 0 Å². The monoisotopic (exact) mass is 316 g/mol. The lowest BCUT2D eigenvalue weighted by molar-refractivity contribution is 0.0697. The van der Waals surface area contributed by atoms with Gasteiger partial charge in [0.15, 0.2) is 0 Å². The molecule has 1 fully saturated rings. The smallest absolute Gasteiger partial charge is 0.335 e. The molecule has 1 aliphatic heterocycles. The minimum Gasteiger partial charge on any atom is -0.478 e. The van der Waals surface area contributed by atoms with Crippen LogP contribution in [-0.4, -0.2) is 35.1 Å². The number of carboxylic acids is 1. The molecule has 2 amide bonds. The number of carbonyl (C=O) groups excluding carboxylic acids is 1. The van der Waals surface area contributed by atoms with E-state index >= 15 is 0 Å². The second-order valence-corrected chi connectivity index (χ2v) is 5.70. The quantitative estimate of drug-likeness (QED) is 0.876. The summed E-state index contributed by atoms with van der Waals surface area (Å²) in [5, 5.41) is 11.7. The lowest BCUT2D eigenvalue weighted by atomic mass is 10.2. The van der Waals surface area contributed by atoms with Gasteiger partial charge < -0.3 is 15.3 Å². The number of nitrogens with one attached hydrogen (secondary N) is 1. The summed E-state index contributed by atoms with van der Waals surface area (Å²) in [6.07, 6.45) is 0.965. The van der Waals surface area contributed by atoms with Gasteiger partial charge in [-0.3, -0.25) is 0 Å². The third-order valence-electron chi connectivity index (χ3n) is 3.23. The third-order valence-corrected chi connectivity index (χ3v) is 3.83. The van der Waals surface area contributed by atoms with Crippen molar-refractivity contribution < 1.29 is 14.7 Å². The number of aromatic carboxylic acids is 1. The summed E-state index contributed by atoms with van der Waals surface area (Å²) in [6.45, 7) is 3.46. The predicted octanol–water partition coefficient (Wildman–Crippen LogP) is 3.57. The Kier molecular flexibility index (Phi) is 4.40. The molecule has 0 spiro atoms. The first-order chi connectivity index (χ1) is 9.38. The number of benzene rings is 1. The van der Waals surface area contributed by atoms with Crippen LogP contribution in [0.15, 0.2) is 12.1 Å². The topological polar surface area (TPSA) is 69.6 Å². The maximum absolute atomic E-state index is 12.1. The molecular formula is C13H14Cl2N2O3. The molecule has 108 valence electrons. The Morgan fingerprint density at radius 3 is 2.40 bits per heavy atom. The Morgan fingerprint density at radius 1 is 1.35 bits per heavy atom. The van der Waals surface area contributed by atoms with Crippen LogP contribution in [0, 0.1) is 5.92 Å². The normalized spacial score (nSPS) is 18.1. The Balaban J connectivity index is 2.17. The fraction of sp³-hybridized carbons (Fsp3) is 0.385. The van der Waals surface area contributed by atoms with E-state index in [9.17, 15) is 9.59 Å². The molecule has 1 heterocycles. The maximum atomic E-state index is 12.1. The van der Waals surface area contributed by atoms with Crippen LogP contribution in [-0.2, 0) is 0 Å². The van der Waals surface area contributed by atoms with Gasteiger partial charge in [0.2, 0.25) is 0 Å². The molecule has 1 saturated heterocycles. The molecule has 0 radical (unpaired) electrons. The minimum absolute atomic E-state index is 0.0206. The number of hydrogen-bond acceptors (Lipinski definition) is 2. The number of carboxylic acid groups (broad SMARTS) is 1. The van der Waals surface area contributed by atoms with Crippen molar-refractivity contribution in [2.24, 2.45) is 5.92 Å². The van der Waals surface area contributed by atoms with Gasteiger partial charge in [-0.1, -0.05) is 30.1 Å². The van der Waals surface area contributed by atoms with Crippen molar-refractivity contribution >= 4 is 40.9 Å².